The zero-order valence-electron chi connectivity index (χ0n) is 21.3. The highest BCUT2D eigenvalue weighted by Gasteiger charge is 2.36. The fourth-order valence-electron chi connectivity index (χ4n) is 3.54. The molecule has 0 fully saturated rings. The maximum absolute atomic E-state index is 13.9. The topological polar surface area (TPSA) is 158 Å². The quantitative estimate of drug-likeness (QED) is 0.296. The lowest BCUT2D eigenvalue weighted by atomic mass is 9.92. The van der Waals surface area contributed by atoms with Gasteiger partial charge in [0.1, 0.15) is 11.3 Å². The van der Waals surface area contributed by atoms with Gasteiger partial charge < -0.3 is 14.9 Å². The molecule has 0 bridgehead atoms. The zero-order valence-corrected chi connectivity index (χ0v) is 23.0. The lowest BCUT2D eigenvalue weighted by molar-refractivity contribution is 0.334. The molecule has 1 atom stereocenters. The molecule has 2 aromatic rings. The van der Waals surface area contributed by atoms with E-state index in [0.29, 0.717) is 24.3 Å². The van der Waals surface area contributed by atoms with Crippen molar-refractivity contribution in [3.05, 3.63) is 45.9 Å². The number of fused-ring (bicyclic) bond motifs is 1. The monoisotopic (exact) mass is 539 g/mol. The minimum Gasteiger partial charge on any atom is -0.505 e. The average molecular weight is 540 g/mol. The van der Waals surface area contributed by atoms with Crippen molar-refractivity contribution < 1.29 is 23.3 Å². The van der Waals surface area contributed by atoms with E-state index < -0.39 is 23.9 Å². The summed E-state index contributed by atoms with van der Waals surface area (Å²) in [5.74, 6) is -0.485. The van der Waals surface area contributed by atoms with Gasteiger partial charge in [-0.1, -0.05) is 26.8 Å². The molecule has 0 saturated heterocycles. The fourth-order valence-corrected chi connectivity index (χ4v) is 5.92. The van der Waals surface area contributed by atoms with Crippen LogP contribution in [-0.2, 0) is 15.6 Å². The van der Waals surface area contributed by atoms with Gasteiger partial charge in [0.15, 0.2) is 11.6 Å². The van der Waals surface area contributed by atoms with Crippen LogP contribution in [0.25, 0.3) is 6.08 Å². The number of aromatic nitrogens is 2. The highest BCUT2D eigenvalue weighted by Crippen LogP contribution is 2.52. The molecule has 1 aliphatic heterocycles. The van der Waals surface area contributed by atoms with Crippen LogP contribution in [0.3, 0.4) is 0 Å². The summed E-state index contributed by atoms with van der Waals surface area (Å²) in [6, 6.07) is 4.57. The Balaban J connectivity index is 2.19. The average Bonchev–Trinajstić information content (AvgIpc) is 2.74. The first-order chi connectivity index (χ1) is 16.7. The van der Waals surface area contributed by atoms with Crippen molar-refractivity contribution in [1.82, 2.24) is 9.78 Å². The molecule has 0 saturated carbocycles. The Labute approximate surface area is 212 Å². The van der Waals surface area contributed by atoms with Gasteiger partial charge in [-0.2, -0.15) is 9.86 Å². The fraction of sp³-hybridized carbons (Fsp3) is 0.435. The molecule has 0 aliphatic carbocycles. The van der Waals surface area contributed by atoms with E-state index in [-0.39, 0.29) is 40.2 Å². The first kappa shape index (κ1) is 27.9. The molecular formula is C23H34N5O6PS. The lowest BCUT2D eigenvalue weighted by Gasteiger charge is -2.30. The van der Waals surface area contributed by atoms with Crippen LogP contribution in [-0.4, -0.2) is 42.7 Å². The van der Waals surface area contributed by atoms with E-state index in [9.17, 15) is 23.6 Å². The molecule has 3 rings (SSSR count). The van der Waals surface area contributed by atoms with Crippen molar-refractivity contribution in [2.45, 2.75) is 47.6 Å². The Morgan fingerprint density at radius 2 is 2.00 bits per heavy atom. The Bertz CT molecular complexity index is 1310. The van der Waals surface area contributed by atoms with Gasteiger partial charge in [0, 0.05) is 12.8 Å². The van der Waals surface area contributed by atoms with Crippen LogP contribution in [0.5, 0.6) is 5.75 Å². The first-order valence-electron chi connectivity index (χ1n) is 11.4. The number of nitrogens with one attached hydrogen (secondary N) is 2. The summed E-state index contributed by atoms with van der Waals surface area (Å²) < 4.78 is 47.1. The van der Waals surface area contributed by atoms with Gasteiger partial charge in [-0.25, -0.2) is 4.68 Å². The second-order valence-electron chi connectivity index (χ2n) is 9.63. The number of hydrogen-bond donors (Lipinski definition) is 5. The number of hydrogen-bond acceptors (Lipinski definition) is 9. The summed E-state index contributed by atoms with van der Waals surface area (Å²) in [5, 5.41) is 18.5. The number of aryl methyl sites for hydroxylation is 1. The predicted octanol–water partition coefficient (Wildman–Crippen LogP) is 4.85. The molecule has 0 radical (unpaired) electrons. The first-order valence-corrected chi connectivity index (χ1v) is 15.0. The molecule has 1 aromatic carbocycles. The normalized spacial score (nSPS) is 18.5. The van der Waals surface area contributed by atoms with E-state index in [1.54, 1.807) is 38.1 Å². The summed E-state index contributed by atoms with van der Waals surface area (Å²) >= 11 is 0. The smallest absolute Gasteiger partial charge is 0.348 e. The molecule has 13 heteroatoms. The van der Waals surface area contributed by atoms with E-state index >= 15 is 0 Å². The third kappa shape index (κ3) is 6.37. The SMILES string of the molecule is CC=Cc1nn(CCC(C)(C)C)c(=O)c(C2=NP(=O)(OCC)c3cc(NS(C)(O)O)ccc3N2)c1O. The molecule has 0 amide bonds. The molecule has 0 spiro atoms. The van der Waals surface area contributed by atoms with Crippen LogP contribution in [0, 0.1) is 5.41 Å². The number of nitrogens with zero attached hydrogens (tertiary/aromatic N) is 3. The van der Waals surface area contributed by atoms with Crippen molar-refractivity contribution in [3.8, 4) is 5.75 Å². The maximum Gasteiger partial charge on any atom is 0.348 e. The van der Waals surface area contributed by atoms with Gasteiger partial charge in [0.05, 0.1) is 23.3 Å². The van der Waals surface area contributed by atoms with Gasteiger partial charge in [-0.15, -0.1) is 10.8 Å². The van der Waals surface area contributed by atoms with Crippen molar-refractivity contribution in [2.24, 2.45) is 10.2 Å². The van der Waals surface area contributed by atoms with E-state index in [1.165, 1.54) is 17.0 Å². The number of benzene rings is 1. The standard InChI is InChI=1S/C23H34N5O6PS/c1-7-9-17-20(29)19(22(30)28(25-17)13-12-23(3,4)5)21-24-16-11-10-15(27-36(6,32)33)14-18(16)35(31,26-21)34-8-2/h7,9-11,14,27,29,32-33H,8,12-13H2,1-6H3,(H,24,26,31). The second-order valence-corrected chi connectivity index (χ2v) is 13.5. The molecule has 1 aliphatic rings. The van der Waals surface area contributed by atoms with Gasteiger partial charge >= 0.3 is 7.52 Å². The summed E-state index contributed by atoms with van der Waals surface area (Å²) in [6.45, 7) is 9.95. The van der Waals surface area contributed by atoms with Crippen LogP contribution in [0.2, 0.25) is 0 Å². The number of anilines is 2. The maximum atomic E-state index is 13.9. The molecule has 2 heterocycles. The minimum absolute atomic E-state index is 0.0587. The Hall–Kier alpha value is -2.63. The molecule has 11 nitrogen and oxygen atoms in total. The highest BCUT2D eigenvalue weighted by atomic mass is 32.3. The van der Waals surface area contributed by atoms with Crippen molar-refractivity contribution in [2.75, 3.05) is 22.9 Å². The van der Waals surface area contributed by atoms with Crippen LogP contribution in [0.4, 0.5) is 11.4 Å². The van der Waals surface area contributed by atoms with Gasteiger partial charge in [-0.3, -0.25) is 23.2 Å². The van der Waals surface area contributed by atoms with Crippen LogP contribution < -0.4 is 20.9 Å². The van der Waals surface area contributed by atoms with Crippen LogP contribution in [0.1, 0.15) is 52.3 Å². The number of amidine groups is 1. The largest absolute Gasteiger partial charge is 0.505 e. The molecular weight excluding hydrogens is 505 g/mol. The van der Waals surface area contributed by atoms with E-state index in [0.717, 1.165) is 0 Å². The molecule has 5 N–H and O–H groups in total. The third-order valence-electron chi connectivity index (χ3n) is 5.19. The summed E-state index contributed by atoms with van der Waals surface area (Å²) in [7, 11) is -6.99. The third-order valence-corrected chi connectivity index (χ3v) is 7.87. The Kier molecular flexibility index (Phi) is 8.07. The number of aromatic hydroxyl groups is 1. The predicted molar refractivity (Wildman–Crippen MR) is 147 cm³/mol. The van der Waals surface area contributed by atoms with Crippen molar-refractivity contribution in [3.63, 3.8) is 0 Å². The van der Waals surface area contributed by atoms with E-state index in [4.69, 9.17) is 4.52 Å². The second kappa shape index (κ2) is 10.4. The molecule has 36 heavy (non-hydrogen) atoms. The Morgan fingerprint density at radius 1 is 1.31 bits per heavy atom. The summed E-state index contributed by atoms with van der Waals surface area (Å²) in [4.78, 5) is 13.5. The molecule has 198 valence electrons. The van der Waals surface area contributed by atoms with Crippen LogP contribution in [0.15, 0.2) is 33.8 Å². The van der Waals surface area contributed by atoms with E-state index in [1.807, 2.05) is 0 Å². The minimum atomic E-state index is -3.91. The molecule has 1 aromatic heterocycles. The van der Waals surface area contributed by atoms with Crippen molar-refractivity contribution >= 4 is 46.9 Å². The highest BCUT2D eigenvalue weighted by molar-refractivity contribution is 8.24. The Morgan fingerprint density at radius 3 is 2.58 bits per heavy atom. The summed E-state index contributed by atoms with van der Waals surface area (Å²) in [6.07, 6.45) is 5.15. The van der Waals surface area contributed by atoms with Gasteiger partial charge in [0.25, 0.3) is 5.56 Å². The van der Waals surface area contributed by atoms with Crippen molar-refractivity contribution in [1.29, 1.82) is 0 Å². The number of rotatable bonds is 8. The van der Waals surface area contributed by atoms with Gasteiger partial charge in [-0.05, 0) is 50.0 Å². The number of allylic oxidation sites excluding steroid dienone is 1. The van der Waals surface area contributed by atoms with E-state index in [2.05, 4.69) is 40.7 Å². The zero-order chi connectivity index (χ0) is 26.9. The lowest BCUT2D eigenvalue weighted by Crippen LogP contribution is -2.35. The molecule has 1 unspecified atom stereocenters. The summed E-state index contributed by atoms with van der Waals surface area (Å²) in [5.41, 5.74) is 0.0259. The van der Waals surface area contributed by atoms with Gasteiger partial charge in [0.2, 0.25) is 0 Å². The van der Waals surface area contributed by atoms with Crippen LogP contribution >= 0.6 is 18.3 Å².